The van der Waals surface area contributed by atoms with Crippen molar-refractivity contribution in [2.45, 2.75) is 18.7 Å². The molecule has 0 saturated carbocycles. The van der Waals surface area contributed by atoms with E-state index in [4.69, 9.17) is 0 Å². The number of nitrogens with zero attached hydrogens (tertiary/aromatic N) is 2. The molecule has 0 bridgehead atoms. The fourth-order valence-corrected chi connectivity index (χ4v) is 4.16. The number of benzene rings is 2. The van der Waals surface area contributed by atoms with E-state index in [1.807, 2.05) is 13.0 Å². The molecule has 0 atom stereocenters. The van der Waals surface area contributed by atoms with Crippen LogP contribution in [-0.4, -0.2) is 17.6 Å². The van der Waals surface area contributed by atoms with Gasteiger partial charge in [0.15, 0.2) is 0 Å². The zero-order chi connectivity index (χ0) is 17.6. The van der Waals surface area contributed by atoms with Crippen LogP contribution in [0.4, 0.5) is 5.69 Å². The minimum Gasteiger partial charge on any atom is -0.295 e. The van der Waals surface area contributed by atoms with Crippen molar-refractivity contribution >= 4 is 26.7 Å². The number of aromatic nitrogens is 2. The average Bonchev–Trinajstić information content (AvgIpc) is 2.74. The third-order valence-electron chi connectivity index (χ3n) is 4.16. The first-order chi connectivity index (χ1) is 11.2. The van der Waals surface area contributed by atoms with Crippen molar-refractivity contribution in [2.75, 3.05) is 4.72 Å². The second kappa shape index (κ2) is 5.52. The van der Waals surface area contributed by atoms with Crippen LogP contribution in [0.1, 0.15) is 11.1 Å². The summed E-state index contributed by atoms with van der Waals surface area (Å²) in [5, 5.41) is 0. The summed E-state index contributed by atoms with van der Waals surface area (Å²) in [5.41, 5.74) is 3.24. The fourth-order valence-electron chi connectivity index (χ4n) is 2.78. The summed E-state index contributed by atoms with van der Waals surface area (Å²) in [6.07, 6.45) is 0. The molecule has 1 heterocycles. The number of imidazole rings is 1. The number of aryl methyl sites for hydroxylation is 4. The Hall–Kier alpha value is -2.54. The summed E-state index contributed by atoms with van der Waals surface area (Å²) in [7, 11) is -0.350. The maximum absolute atomic E-state index is 12.7. The van der Waals surface area contributed by atoms with E-state index in [2.05, 4.69) is 4.72 Å². The van der Waals surface area contributed by atoms with E-state index in [0.29, 0.717) is 16.8 Å². The second-order valence-electron chi connectivity index (χ2n) is 5.98. The van der Waals surface area contributed by atoms with Crippen LogP contribution < -0.4 is 10.4 Å². The molecule has 0 fully saturated rings. The second-order valence-corrected chi connectivity index (χ2v) is 7.63. The van der Waals surface area contributed by atoms with Gasteiger partial charge >= 0.3 is 5.69 Å². The third kappa shape index (κ3) is 2.60. The number of fused-ring (bicyclic) bond motifs is 1. The molecule has 0 aliphatic carbocycles. The fraction of sp³-hybridized carbons (Fsp3) is 0.235. The Kier molecular flexibility index (Phi) is 3.76. The average molecular weight is 345 g/mol. The highest BCUT2D eigenvalue weighted by atomic mass is 32.2. The van der Waals surface area contributed by atoms with E-state index in [1.165, 1.54) is 9.13 Å². The standard InChI is InChI=1S/C17H19N3O3S/c1-11-5-6-12(2)16(9-11)24(22,23)18-13-7-8-14-15(10-13)20(4)17(21)19(14)3/h5-10,18H,1-4H3. The molecule has 0 aliphatic heterocycles. The molecule has 0 radical (unpaired) electrons. The monoisotopic (exact) mass is 345 g/mol. The number of rotatable bonds is 3. The molecule has 1 N–H and O–H groups in total. The zero-order valence-corrected chi connectivity index (χ0v) is 14.8. The third-order valence-corrected chi connectivity index (χ3v) is 5.68. The topological polar surface area (TPSA) is 73.1 Å². The molecule has 24 heavy (non-hydrogen) atoms. The van der Waals surface area contributed by atoms with Crippen molar-refractivity contribution in [3.8, 4) is 0 Å². The van der Waals surface area contributed by atoms with Crippen molar-refractivity contribution < 1.29 is 8.42 Å². The van der Waals surface area contributed by atoms with Crippen molar-refractivity contribution in [1.82, 2.24) is 9.13 Å². The maximum Gasteiger partial charge on any atom is 0.328 e. The van der Waals surface area contributed by atoms with Gasteiger partial charge in [0.2, 0.25) is 0 Å². The normalized spacial score (nSPS) is 11.8. The van der Waals surface area contributed by atoms with Gasteiger partial charge in [-0.1, -0.05) is 12.1 Å². The van der Waals surface area contributed by atoms with E-state index in [9.17, 15) is 13.2 Å². The molecule has 1 aromatic heterocycles. The van der Waals surface area contributed by atoms with Crippen LogP contribution in [0.15, 0.2) is 46.1 Å². The number of anilines is 1. The van der Waals surface area contributed by atoms with Crippen LogP contribution in [0.2, 0.25) is 0 Å². The summed E-state index contributed by atoms with van der Waals surface area (Å²) < 4.78 is 31.0. The van der Waals surface area contributed by atoms with Gasteiger partial charge in [0.1, 0.15) is 0 Å². The van der Waals surface area contributed by atoms with Gasteiger partial charge in [-0.2, -0.15) is 0 Å². The highest BCUT2D eigenvalue weighted by Crippen LogP contribution is 2.23. The number of hydrogen-bond acceptors (Lipinski definition) is 3. The maximum atomic E-state index is 12.7. The minimum atomic E-state index is -3.70. The smallest absolute Gasteiger partial charge is 0.295 e. The Morgan fingerprint density at radius 2 is 1.58 bits per heavy atom. The lowest BCUT2D eigenvalue weighted by atomic mass is 10.2. The Morgan fingerprint density at radius 3 is 2.29 bits per heavy atom. The Balaban J connectivity index is 2.07. The molecule has 0 aliphatic rings. The van der Waals surface area contributed by atoms with Crippen molar-refractivity contribution in [2.24, 2.45) is 14.1 Å². The predicted molar refractivity (Wildman–Crippen MR) is 94.9 cm³/mol. The number of sulfonamides is 1. The molecule has 7 heteroatoms. The summed E-state index contributed by atoms with van der Waals surface area (Å²) >= 11 is 0. The van der Waals surface area contributed by atoms with Gasteiger partial charge in [0.25, 0.3) is 10.0 Å². The van der Waals surface area contributed by atoms with Gasteiger partial charge in [-0.15, -0.1) is 0 Å². The lowest BCUT2D eigenvalue weighted by Crippen LogP contribution is -2.19. The van der Waals surface area contributed by atoms with Crippen molar-refractivity contribution in [3.05, 3.63) is 58.0 Å². The van der Waals surface area contributed by atoms with Crippen molar-refractivity contribution in [1.29, 1.82) is 0 Å². The SMILES string of the molecule is Cc1ccc(C)c(S(=O)(=O)Nc2ccc3c(c2)n(C)c(=O)n3C)c1. The molecule has 0 unspecified atom stereocenters. The van der Waals surface area contributed by atoms with Crippen LogP contribution >= 0.6 is 0 Å². The summed E-state index contributed by atoms with van der Waals surface area (Å²) in [6.45, 7) is 3.61. The highest BCUT2D eigenvalue weighted by Gasteiger charge is 2.18. The van der Waals surface area contributed by atoms with E-state index in [1.54, 1.807) is 51.4 Å². The van der Waals surface area contributed by atoms with Crippen LogP contribution in [0.5, 0.6) is 0 Å². The first kappa shape index (κ1) is 16.3. The molecular formula is C17H19N3O3S. The minimum absolute atomic E-state index is 0.153. The molecule has 3 aromatic rings. The van der Waals surface area contributed by atoms with Crippen LogP contribution in [0.25, 0.3) is 11.0 Å². The van der Waals surface area contributed by atoms with Gasteiger partial charge in [0.05, 0.1) is 21.6 Å². The Morgan fingerprint density at radius 1 is 0.917 bits per heavy atom. The molecule has 3 rings (SSSR count). The van der Waals surface area contributed by atoms with Crippen molar-refractivity contribution in [3.63, 3.8) is 0 Å². The highest BCUT2D eigenvalue weighted by molar-refractivity contribution is 7.92. The van der Waals surface area contributed by atoms with E-state index < -0.39 is 10.0 Å². The number of nitrogens with one attached hydrogen (secondary N) is 1. The first-order valence-corrected chi connectivity index (χ1v) is 8.94. The lowest BCUT2D eigenvalue weighted by molar-refractivity contribution is 0.600. The molecule has 0 amide bonds. The van der Waals surface area contributed by atoms with Gasteiger partial charge in [0, 0.05) is 14.1 Å². The zero-order valence-electron chi connectivity index (χ0n) is 14.0. The molecule has 0 saturated heterocycles. The van der Waals surface area contributed by atoms with Crippen LogP contribution in [0, 0.1) is 13.8 Å². The van der Waals surface area contributed by atoms with E-state index in [-0.39, 0.29) is 10.6 Å². The molecule has 126 valence electrons. The van der Waals surface area contributed by atoms with Gasteiger partial charge < -0.3 is 0 Å². The Bertz CT molecular complexity index is 1110. The van der Waals surface area contributed by atoms with Crippen LogP contribution in [-0.2, 0) is 24.1 Å². The van der Waals surface area contributed by atoms with Crippen LogP contribution in [0.3, 0.4) is 0 Å². The predicted octanol–water partition coefficient (Wildman–Crippen LogP) is 2.29. The van der Waals surface area contributed by atoms with Gasteiger partial charge in [-0.25, -0.2) is 13.2 Å². The first-order valence-electron chi connectivity index (χ1n) is 7.46. The summed E-state index contributed by atoms with van der Waals surface area (Å²) in [6, 6.07) is 10.4. The van der Waals surface area contributed by atoms with Gasteiger partial charge in [-0.05, 0) is 49.2 Å². The van der Waals surface area contributed by atoms with Gasteiger partial charge in [-0.3, -0.25) is 13.9 Å². The molecule has 0 spiro atoms. The summed E-state index contributed by atoms with van der Waals surface area (Å²) in [4.78, 5) is 12.2. The molecule has 2 aromatic carbocycles. The molecular weight excluding hydrogens is 326 g/mol. The van der Waals surface area contributed by atoms with E-state index >= 15 is 0 Å². The largest absolute Gasteiger partial charge is 0.328 e. The lowest BCUT2D eigenvalue weighted by Gasteiger charge is -2.11. The Labute approximate surface area is 140 Å². The number of hydrogen-bond donors (Lipinski definition) is 1. The quantitative estimate of drug-likeness (QED) is 0.791. The molecule has 6 nitrogen and oxygen atoms in total. The summed E-state index contributed by atoms with van der Waals surface area (Å²) in [5.74, 6) is 0. The van der Waals surface area contributed by atoms with E-state index in [0.717, 1.165) is 11.1 Å².